The van der Waals surface area contributed by atoms with E-state index in [1.165, 1.54) is 12.1 Å². The molecule has 0 spiro atoms. The Balaban J connectivity index is 3.02. The van der Waals surface area contributed by atoms with E-state index in [1.54, 1.807) is 0 Å². The number of Topliss-reactive ketones (excluding diaryl/α,β-unsaturated/α-hetero) is 2. The highest BCUT2D eigenvalue weighted by molar-refractivity contribution is 6.10. The molecule has 0 atom stereocenters. The van der Waals surface area contributed by atoms with Gasteiger partial charge < -0.3 is 4.74 Å². The predicted molar refractivity (Wildman–Crippen MR) is 53.0 cm³/mol. The second-order valence-electron chi connectivity index (χ2n) is 3.34. The Morgan fingerprint density at radius 1 is 1.28 bits per heavy atom. The zero-order valence-electron chi connectivity index (χ0n) is 9.18. The number of carbonyl (C=O) groups excluding carboxylic acids is 2. The lowest BCUT2D eigenvalue weighted by Gasteiger charge is -2.09. The van der Waals surface area contributed by atoms with E-state index in [1.807, 2.05) is 0 Å². The van der Waals surface area contributed by atoms with Gasteiger partial charge in [0.2, 0.25) is 5.78 Å². The van der Waals surface area contributed by atoms with Crippen LogP contribution in [0.4, 0.5) is 17.6 Å². The van der Waals surface area contributed by atoms with Gasteiger partial charge in [-0.3, -0.25) is 9.59 Å². The average Bonchev–Trinajstić information content (AvgIpc) is 2.26. The van der Waals surface area contributed by atoms with Gasteiger partial charge >= 0.3 is 6.18 Å². The lowest BCUT2D eigenvalue weighted by molar-refractivity contribution is -0.170. The van der Waals surface area contributed by atoms with Crippen LogP contribution in [-0.2, 0) is 4.79 Å². The van der Waals surface area contributed by atoms with Gasteiger partial charge in [-0.1, -0.05) is 6.07 Å². The number of rotatable bonds is 4. The summed E-state index contributed by atoms with van der Waals surface area (Å²) in [6, 6.07) is 3.35. The molecular weight excluding hydrogens is 256 g/mol. The van der Waals surface area contributed by atoms with Crippen molar-refractivity contribution in [2.24, 2.45) is 0 Å². The minimum Gasteiger partial charge on any atom is -0.496 e. The van der Waals surface area contributed by atoms with E-state index in [-0.39, 0.29) is 5.75 Å². The van der Waals surface area contributed by atoms with Crippen LogP contribution >= 0.6 is 0 Å². The van der Waals surface area contributed by atoms with Crippen molar-refractivity contribution >= 4 is 11.6 Å². The minimum absolute atomic E-state index is 0.213. The van der Waals surface area contributed by atoms with Crippen molar-refractivity contribution in [1.82, 2.24) is 0 Å². The lowest BCUT2D eigenvalue weighted by Crippen LogP contribution is -2.25. The van der Waals surface area contributed by atoms with E-state index in [9.17, 15) is 27.2 Å². The van der Waals surface area contributed by atoms with Crippen LogP contribution in [0.15, 0.2) is 18.2 Å². The van der Waals surface area contributed by atoms with Crippen molar-refractivity contribution in [1.29, 1.82) is 0 Å². The van der Waals surface area contributed by atoms with E-state index < -0.39 is 35.5 Å². The van der Waals surface area contributed by atoms with Crippen LogP contribution in [0.3, 0.4) is 0 Å². The molecule has 0 N–H and O–H groups in total. The number of hydrogen-bond acceptors (Lipinski definition) is 3. The maximum Gasteiger partial charge on any atom is 0.450 e. The first-order valence-electron chi connectivity index (χ1n) is 4.73. The summed E-state index contributed by atoms with van der Waals surface area (Å²) in [5.41, 5.74) is -0.655. The Hall–Kier alpha value is -1.92. The van der Waals surface area contributed by atoms with Crippen LogP contribution in [-0.4, -0.2) is 24.9 Å². The molecular formula is C11H8F4O3. The average molecular weight is 264 g/mol. The third-order valence-corrected chi connectivity index (χ3v) is 2.11. The molecule has 3 nitrogen and oxygen atoms in total. The van der Waals surface area contributed by atoms with Crippen molar-refractivity contribution in [3.8, 4) is 5.75 Å². The summed E-state index contributed by atoms with van der Waals surface area (Å²) in [4.78, 5) is 22.1. The molecule has 18 heavy (non-hydrogen) atoms. The van der Waals surface area contributed by atoms with Gasteiger partial charge in [-0.05, 0) is 12.1 Å². The SMILES string of the molecule is COc1cccc(F)c1C(=O)CC(=O)C(F)(F)F. The molecule has 0 unspecified atom stereocenters. The monoisotopic (exact) mass is 264 g/mol. The Kier molecular flexibility index (Phi) is 4.05. The molecule has 7 heteroatoms. The van der Waals surface area contributed by atoms with Crippen molar-refractivity contribution < 1.29 is 31.9 Å². The van der Waals surface area contributed by atoms with Crippen LogP contribution in [0.25, 0.3) is 0 Å². The third-order valence-electron chi connectivity index (χ3n) is 2.11. The van der Waals surface area contributed by atoms with Gasteiger partial charge in [0.15, 0.2) is 5.78 Å². The first-order valence-corrected chi connectivity index (χ1v) is 4.73. The maximum absolute atomic E-state index is 13.3. The highest BCUT2D eigenvalue weighted by Gasteiger charge is 2.39. The molecule has 0 amide bonds. The number of benzene rings is 1. The summed E-state index contributed by atoms with van der Waals surface area (Å²) < 4.78 is 53.9. The fourth-order valence-corrected chi connectivity index (χ4v) is 1.28. The molecule has 0 aromatic heterocycles. The number of ether oxygens (including phenoxy) is 1. The summed E-state index contributed by atoms with van der Waals surface area (Å²) in [7, 11) is 1.14. The minimum atomic E-state index is -5.12. The standard InChI is InChI=1S/C11H8F4O3/c1-18-8-4-2-3-6(12)10(8)7(16)5-9(17)11(13,14)15/h2-4H,5H2,1H3. The Labute approximate surface area is 99.4 Å². The zero-order chi connectivity index (χ0) is 13.9. The quantitative estimate of drug-likeness (QED) is 0.477. The number of methoxy groups -OCH3 is 1. The molecule has 1 aromatic rings. The fraction of sp³-hybridized carbons (Fsp3) is 0.273. The fourth-order valence-electron chi connectivity index (χ4n) is 1.28. The van der Waals surface area contributed by atoms with E-state index in [0.717, 1.165) is 13.2 Å². The Bertz CT molecular complexity index is 480. The van der Waals surface area contributed by atoms with Crippen molar-refractivity contribution in [2.75, 3.05) is 7.11 Å². The number of hydrogen-bond donors (Lipinski definition) is 0. The topological polar surface area (TPSA) is 43.4 Å². The predicted octanol–water partition coefficient (Wildman–Crippen LogP) is 2.54. The van der Waals surface area contributed by atoms with Gasteiger partial charge in [0.25, 0.3) is 0 Å². The molecule has 0 aliphatic heterocycles. The second kappa shape index (κ2) is 5.16. The molecule has 0 fully saturated rings. The van der Waals surface area contributed by atoms with Gasteiger partial charge in [-0.15, -0.1) is 0 Å². The molecule has 0 saturated carbocycles. The highest BCUT2D eigenvalue weighted by atomic mass is 19.4. The highest BCUT2D eigenvalue weighted by Crippen LogP contribution is 2.25. The number of ketones is 2. The lowest BCUT2D eigenvalue weighted by atomic mass is 10.0. The number of carbonyl (C=O) groups is 2. The Morgan fingerprint density at radius 2 is 1.89 bits per heavy atom. The van der Waals surface area contributed by atoms with Crippen molar-refractivity contribution in [3.05, 3.63) is 29.6 Å². The molecule has 0 aliphatic carbocycles. The molecule has 0 saturated heterocycles. The second-order valence-corrected chi connectivity index (χ2v) is 3.34. The molecule has 0 aliphatic rings. The van der Waals surface area contributed by atoms with E-state index in [0.29, 0.717) is 0 Å². The maximum atomic E-state index is 13.3. The number of halogens is 4. The molecule has 1 aromatic carbocycles. The van der Waals surface area contributed by atoms with Gasteiger partial charge in [0.05, 0.1) is 19.1 Å². The van der Waals surface area contributed by atoms with Crippen LogP contribution in [0.2, 0.25) is 0 Å². The zero-order valence-corrected chi connectivity index (χ0v) is 9.18. The van der Waals surface area contributed by atoms with Crippen LogP contribution < -0.4 is 4.74 Å². The summed E-state index contributed by atoms with van der Waals surface area (Å²) in [5, 5.41) is 0. The smallest absolute Gasteiger partial charge is 0.450 e. The van der Waals surface area contributed by atoms with Gasteiger partial charge in [-0.2, -0.15) is 13.2 Å². The normalized spacial score (nSPS) is 11.2. The van der Waals surface area contributed by atoms with Gasteiger partial charge in [0, 0.05) is 0 Å². The van der Waals surface area contributed by atoms with Gasteiger partial charge in [-0.25, -0.2) is 4.39 Å². The van der Waals surface area contributed by atoms with Crippen molar-refractivity contribution in [2.45, 2.75) is 12.6 Å². The Morgan fingerprint density at radius 3 is 2.39 bits per heavy atom. The van der Waals surface area contributed by atoms with E-state index in [2.05, 4.69) is 4.74 Å². The van der Waals surface area contributed by atoms with Crippen LogP contribution in [0, 0.1) is 5.82 Å². The summed E-state index contributed by atoms with van der Waals surface area (Å²) in [6.45, 7) is 0. The van der Waals surface area contributed by atoms with Gasteiger partial charge in [0.1, 0.15) is 11.6 Å². The largest absolute Gasteiger partial charge is 0.496 e. The summed E-state index contributed by atoms with van der Waals surface area (Å²) in [5.74, 6) is -4.74. The number of alkyl halides is 3. The van der Waals surface area contributed by atoms with E-state index >= 15 is 0 Å². The summed E-state index contributed by atoms with van der Waals surface area (Å²) in [6.07, 6.45) is -6.56. The molecule has 0 radical (unpaired) electrons. The molecule has 1 rings (SSSR count). The first-order chi connectivity index (χ1) is 8.27. The summed E-state index contributed by atoms with van der Waals surface area (Å²) >= 11 is 0. The van der Waals surface area contributed by atoms with Crippen LogP contribution in [0.5, 0.6) is 5.75 Å². The molecule has 0 bridgehead atoms. The third kappa shape index (κ3) is 3.06. The van der Waals surface area contributed by atoms with E-state index in [4.69, 9.17) is 0 Å². The molecule has 98 valence electrons. The van der Waals surface area contributed by atoms with Crippen molar-refractivity contribution in [3.63, 3.8) is 0 Å². The van der Waals surface area contributed by atoms with Crippen LogP contribution in [0.1, 0.15) is 16.8 Å². The first kappa shape index (κ1) is 14.1. The molecule has 0 heterocycles.